The Balaban J connectivity index is 1.04. The van der Waals surface area contributed by atoms with Crippen LogP contribution in [0.3, 0.4) is 0 Å². The number of aromatic amines is 1. The molecule has 9 nitrogen and oxygen atoms in total. The van der Waals surface area contributed by atoms with Crippen molar-refractivity contribution in [3.8, 4) is 11.5 Å². The third-order valence-corrected chi connectivity index (χ3v) is 12.8. The molecule has 0 aliphatic heterocycles. The fourth-order valence-electron chi connectivity index (χ4n) is 9.89. The highest BCUT2D eigenvalue weighted by Crippen LogP contribution is 2.62. The number of rotatable bonds is 23. The highest BCUT2D eigenvalue weighted by molar-refractivity contribution is 5.44. The Hall–Kier alpha value is -3.08. The van der Waals surface area contributed by atoms with Gasteiger partial charge in [0.05, 0.1) is 12.7 Å². The first-order valence-electron chi connectivity index (χ1n) is 21.1. The molecule has 1 saturated carbocycles. The van der Waals surface area contributed by atoms with Gasteiger partial charge in [-0.25, -0.2) is 0 Å². The van der Waals surface area contributed by atoms with Crippen molar-refractivity contribution in [2.75, 3.05) is 26.2 Å². The van der Waals surface area contributed by atoms with E-state index in [9.17, 15) is 20.4 Å². The first-order valence-corrected chi connectivity index (χ1v) is 21.1. The highest BCUT2D eigenvalue weighted by atomic mass is 16.5. The van der Waals surface area contributed by atoms with Crippen molar-refractivity contribution in [3.63, 3.8) is 0 Å². The summed E-state index contributed by atoms with van der Waals surface area (Å²) >= 11 is 0. The first kappa shape index (κ1) is 40.6. The van der Waals surface area contributed by atoms with E-state index in [-0.39, 0.29) is 30.3 Å². The zero-order valence-electron chi connectivity index (χ0n) is 32.8. The number of hydrogen-bond donors (Lipinski definition) is 7. The Labute approximate surface area is 322 Å². The lowest BCUT2D eigenvalue weighted by Gasteiger charge is -2.41. The molecule has 9 heteroatoms. The van der Waals surface area contributed by atoms with Gasteiger partial charge in [-0.2, -0.15) is 0 Å². The molecular weight excluding hydrogens is 679 g/mol. The van der Waals surface area contributed by atoms with E-state index in [0.29, 0.717) is 42.9 Å². The van der Waals surface area contributed by atoms with Crippen molar-refractivity contribution >= 4 is 0 Å². The van der Waals surface area contributed by atoms with Crippen molar-refractivity contribution in [1.29, 1.82) is 0 Å². The second-order valence-electron chi connectivity index (χ2n) is 16.7. The molecule has 4 aliphatic carbocycles. The maximum Gasteiger partial charge on any atom is 0.161 e. The van der Waals surface area contributed by atoms with Crippen LogP contribution in [0.5, 0.6) is 11.5 Å². The summed E-state index contributed by atoms with van der Waals surface area (Å²) < 4.78 is 12.3. The third kappa shape index (κ3) is 9.65. The fraction of sp³-hybridized carbons (Fsp3) is 0.644. The maximum absolute atomic E-state index is 11.4. The van der Waals surface area contributed by atoms with Gasteiger partial charge in [-0.05, 0) is 105 Å². The standard InChI is InChI=1S/C45H67N3O6/c1-3-4-5-9-31(18-21-46)10-6-7-12-42-34(28-49)24-36(54-42)15-13-32-14-16-40(51)43(22-32)53-29-41(52)39-25-37-38(27-47-26-30(2)50)45-19-8-11-35(45)23-33(17-20-45)44(37)48-39/h14,16-17,20,22,24-25,30-31,33,35,38,41,47-52H,3-13,15,18-19,21,23,26-29,46H2,1-2H3/t30-,31-,33-,35-,38-,41-,45+/m0/s1. The molecule has 1 fully saturated rings. The summed E-state index contributed by atoms with van der Waals surface area (Å²) in [4.78, 5) is 3.61. The number of aryl methyl sites for hydroxylation is 3. The largest absolute Gasteiger partial charge is 0.504 e. The van der Waals surface area contributed by atoms with E-state index < -0.39 is 12.2 Å². The molecule has 54 heavy (non-hydrogen) atoms. The number of phenolic OH excluding ortho intramolecular Hbond substituents is 1. The Morgan fingerprint density at radius 1 is 1.06 bits per heavy atom. The zero-order valence-corrected chi connectivity index (χ0v) is 32.8. The second-order valence-corrected chi connectivity index (χ2v) is 16.7. The summed E-state index contributed by atoms with van der Waals surface area (Å²) in [5.74, 6) is 4.03. The first-order chi connectivity index (χ1) is 26.2. The van der Waals surface area contributed by atoms with Crippen LogP contribution in [0.2, 0.25) is 0 Å². The molecule has 4 aliphatic rings. The maximum atomic E-state index is 11.4. The van der Waals surface area contributed by atoms with Gasteiger partial charge in [-0.15, -0.1) is 0 Å². The van der Waals surface area contributed by atoms with E-state index in [1.54, 1.807) is 6.07 Å². The average Bonchev–Trinajstić information content (AvgIpc) is 3.88. The monoisotopic (exact) mass is 746 g/mol. The number of nitrogens with two attached hydrogens (primary N) is 1. The fourth-order valence-corrected chi connectivity index (χ4v) is 9.89. The minimum Gasteiger partial charge on any atom is -0.504 e. The van der Waals surface area contributed by atoms with E-state index in [0.717, 1.165) is 73.5 Å². The molecule has 2 bridgehead atoms. The van der Waals surface area contributed by atoms with Gasteiger partial charge in [-0.3, -0.25) is 0 Å². The minimum absolute atomic E-state index is 0.00272. The number of nitrogens with one attached hydrogen (secondary N) is 2. The summed E-state index contributed by atoms with van der Waals surface area (Å²) in [7, 11) is 0. The molecule has 0 saturated heterocycles. The number of aliphatic hydroxyl groups excluding tert-OH is 3. The molecule has 2 heterocycles. The number of furan rings is 1. The summed E-state index contributed by atoms with van der Waals surface area (Å²) in [5.41, 5.74) is 11.0. The van der Waals surface area contributed by atoms with Gasteiger partial charge in [0.2, 0.25) is 0 Å². The minimum atomic E-state index is -0.892. The number of hydrogen-bond acceptors (Lipinski definition) is 8. The lowest BCUT2D eigenvalue weighted by atomic mass is 9.64. The molecule has 0 unspecified atom stereocenters. The van der Waals surface area contributed by atoms with Gasteiger partial charge in [0.15, 0.2) is 11.5 Å². The summed E-state index contributed by atoms with van der Waals surface area (Å²) in [5, 5.41) is 45.6. The summed E-state index contributed by atoms with van der Waals surface area (Å²) in [6, 6.07) is 9.49. The number of unbranched alkanes of at least 4 members (excludes halogenated alkanes) is 3. The van der Waals surface area contributed by atoms with Gasteiger partial charge in [0.1, 0.15) is 24.2 Å². The highest BCUT2D eigenvalue weighted by Gasteiger charge is 2.53. The van der Waals surface area contributed by atoms with Crippen molar-refractivity contribution < 1.29 is 29.6 Å². The topological polar surface area (TPSA) is 157 Å². The van der Waals surface area contributed by atoms with Crippen LogP contribution in [0.25, 0.3) is 0 Å². The number of aromatic nitrogens is 1. The number of phenols is 1. The lowest BCUT2D eigenvalue weighted by Crippen LogP contribution is -2.39. The Morgan fingerprint density at radius 2 is 1.89 bits per heavy atom. The number of benzene rings is 1. The van der Waals surface area contributed by atoms with Crippen LogP contribution in [0.4, 0.5) is 0 Å². The summed E-state index contributed by atoms with van der Waals surface area (Å²) in [6.45, 7) is 6.12. The van der Waals surface area contributed by atoms with Gasteiger partial charge < -0.3 is 45.6 Å². The quantitative estimate of drug-likeness (QED) is 0.0382. The van der Waals surface area contributed by atoms with E-state index in [2.05, 4.69) is 35.4 Å². The van der Waals surface area contributed by atoms with Gasteiger partial charge >= 0.3 is 0 Å². The Morgan fingerprint density at radius 3 is 2.67 bits per heavy atom. The average molecular weight is 746 g/mol. The number of aromatic hydroxyl groups is 1. The van der Waals surface area contributed by atoms with Crippen LogP contribution in [0.15, 0.2) is 46.9 Å². The lowest BCUT2D eigenvalue weighted by molar-refractivity contribution is 0.103. The molecule has 7 atom stereocenters. The zero-order chi connectivity index (χ0) is 38.1. The predicted octanol–water partition coefficient (Wildman–Crippen LogP) is 7.86. The molecule has 0 amide bonds. The molecule has 298 valence electrons. The second kappa shape index (κ2) is 19.2. The molecule has 2 aromatic heterocycles. The normalized spacial score (nSPS) is 23.3. The number of H-pyrrole nitrogens is 1. The van der Waals surface area contributed by atoms with Crippen LogP contribution in [0, 0.1) is 17.3 Å². The van der Waals surface area contributed by atoms with E-state index in [1.807, 2.05) is 25.1 Å². The SMILES string of the molecule is CCCCC[C@H](CCN)CCCCc1oc(CCc2ccc(O)c(OC[C@H](O)c3cc4c([nH]3)[C@H]3C=C[C@@]5(CCC[C@H]5C3)[C@H]4CNC[C@H](C)O)c2)cc1CO. The summed E-state index contributed by atoms with van der Waals surface area (Å²) in [6.07, 6.45) is 20.1. The van der Waals surface area contributed by atoms with E-state index in [1.165, 1.54) is 62.6 Å². The van der Waals surface area contributed by atoms with Gasteiger partial charge in [0, 0.05) is 54.7 Å². The van der Waals surface area contributed by atoms with Crippen molar-refractivity contribution in [1.82, 2.24) is 10.3 Å². The number of ether oxygens (including phenoxy) is 1. The van der Waals surface area contributed by atoms with E-state index in [4.69, 9.17) is 14.9 Å². The van der Waals surface area contributed by atoms with Crippen LogP contribution >= 0.6 is 0 Å². The van der Waals surface area contributed by atoms with Crippen LogP contribution in [-0.4, -0.2) is 57.8 Å². The molecule has 8 N–H and O–H groups in total. The van der Waals surface area contributed by atoms with Crippen molar-refractivity contribution in [3.05, 3.63) is 82.1 Å². The predicted molar refractivity (Wildman–Crippen MR) is 214 cm³/mol. The molecule has 1 aromatic carbocycles. The molecular formula is C45H67N3O6. The van der Waals surface area contributed by atoms with Crippen molar-refractivity contribution in [2.24, 2.45) is 23.0 Å². The number of allylic oxidation sites excluding steroid dienone is 2. The molecule has 1 spiro atoms. The van der Waals surface area contributed by atoms with Crippen LogP contribution in [-0.2, 0) is 25.9 Å². The Kier molecular flexibility index (Phi) is 14.4. The number of aliphatic hydroxyl groups is 3. The third-order valence-electron chi connectivity index (χ3n) is 12.8. The van der Waals surface area contributed by atoms with E-state index >= 15 is 0 Å². The van der Waals surface area contributed by atoms with Crippen LogP contribution in [0.1, 0.15) is 148 Å². The molecule has 7 rings (SSSR count). The van der Waals surface area contributed by atoms with Gasteiger partial charge in [-0.1, -0.05) is 70.1 Å². The van der Waals surface area contributed by atoms with Crippen LogP contribution < -0.4 is 15.8 Å². The Bertz CT molecular complexity index is 1650. The smallest absolute Gasteiger partial charge is 0.161 e. The molecule has 0 radical (unpaired) electrons. The molecule has 3 aromatic rings. The van der Waals surface area contributed by atoms with Gasteiger partial charge in [0.25, 0.3) is 0 Å². The van der Waals surface area contributed by atoms with Crippen molar-refractivity contribution in [2.45, 2.75) is 141 Å².